The summed E-state index contributed by atoms with van der Waals surface area (Å²) >= 11 is 0. The van der Waals surface area contributed by atoms with Crippen LogP contribution < -0.4 is 5.48 Å². The summed E-state index contributed by atoms with van der Waals surface area (Å²) in [5.74, 6) is 0. The monoisotopic (exact) mass is 193 g/mol. The molecule has 4 heteroatoms. The molecule has 1 unspecified atom stereocenters. The van der Waals surface area contributed by atoms with E-state index in [0.29, 0.717) is 6.61 Å². The molecule has 1 heterocycles. The summed E-state index contributed by atoms with van der Waals surface area (Å²) in [6, 6.07) is 7.82. The molecule has 14 heavy (non-hydrogen) atoms. The number of carbonyl (C=O) groups excluding carboxylic acids is 1. The van der Waals surface area contributed by atoms with E-state index < -0.39 is 6.09 Å². The van der Waals surface area contributed by atoms with Crippen LogP contribution in [0.2, 0.25) is 0 Å². The van der Waals surface area contributed by atoms with E-state index in [4.69, 9.17) is 9.57 Å². The highest BCUT2D eigenvalue weighted by Crippen LogP contribution is 2.20. The van der Waals surface area contributed by atoms with Crippen LogP contribution in [-0.2, 0) is 9.57 Å². The van der Waals surface area contributed by atoms with Crippen molar-refractivity contribution >= 4 is 6.09 Å². The predicted octanol–water partition coefficient (Wildman–Crippen LogP) is 1.71. The maximum Gasteiger partial charge on any atom is 0.432 e. The Morgan fingerprint density at radius 2 is 2.07 bits per heavy atom. The molecule has 1 amide bonds. The van der Waals surface area contributed by atoms with Crippen molar-refractivity contribution < 1.29 is 14.4 Å². The van der Waals surface area contributed by atoms with Crippen molar-refractivity contribution in [2.75, 3.05) is 6.61 Å². The van der Waals surface area contributed by atoms with Crippen molar-refractivity contribution in [3.05, 3.63) is 35.4 Å². The Hall–Kier alpha value is -1.55. The molecule has 0 aromatic heterocycles. The third-order valence-corrected chi connectivity index (χ3v) is 2.09. The highest BCUT2D eigenvalue weighted by atomic mass is 16.7. The fourth-order valence-electron chi connectivity index (χ4n) is 1.31. The number of nitrogens with one attached hydrogen (secondary N) is 1. The van der Waals surface area contributed by atoms with Gasteiger partial charge in [-0.3, -0.25) is 4.84 Å². The average Bonchev–Trinajstić information content (AvgIpc) is 2.19. The second-order valence-electron chi connectivity index (χ2n) is 3.22. The molecule has 1 atom stereocenters. The van der Waals surface area contributed by atoms with E-state index in [-0.39, 0.29) is 6.10 Å². The van der Waals surface area contributed by atoms with Crippen LogP contribution in [0.15, 0.2) is 24.3 Å². The van der Waals surface area contributed by atoms with Gasteiger partial charge in [-0.25, -0.2) is 4.79 Å². The van der Waals surface area contributed by atoms with Crippen molar-refractivity contribution in [3.63, 3.8) is 0 Å². The van der Waals surface area contributed by atoms with E-state index in [0.717, 1.165) is 5.56 Å². The van der Waals surface area contributed by atoms with Gasteiger partial charge in [0.25, 0.3) is 0 Å². The second-order valence-corrected chi connectivity index (χ2v) is 3.22. The van der Waals surface area contributed by atoms with Gasteiger partial charge in [-0.15, -0.1) is 0 Å². The number of carbonyl (C=O) groups is 1. The topological polar surface area (TPSA) is 47.6 Å². The molecule has 0 spiro atoms. The number of hydrogen-bond acceptors (Lipinski definition) is 3. The Bertz CT molecular complexity index is 334. The lowest BCUT2D eigenvalue weighted by Gasteiger charge is -2.22. The minimum absolute atomic E-state index is 0.302. The first-order valence-electron chi connectivity index (χ1n) is 4.41. The third kappa shape index (κ3) is 1.85. The standard InChI is InChI=1S/C10H11NO3/c1-7-2-4-8(5-3-7)9-6-13-11-10(12)14-9/h2-5,9H,6H2,1H3,(H,11,12). The van der Waals surface area contributed by atoms with Crippen molar-refractivity contribution in [3.8, 4) is 0 Å². The molecule has 4 nitrogen and oxygen atoms in total. The first-order chi connectivity index (χ1) is 6.75. The molecule has 1 fully saturated rings. The van der Waals surface area contributed by atoms with Crippen LogP contribution >= 0.6 is 0 Å². The van der Waals surface area contributed by atoms with Gasteiger partial charge in [0.1, 0.15) is 6.61 Å². The van der Waals surface area contributed by atoms with Crippen LogP contribution in [0.5, 0.6) is 0 Å². The Morgan fingerprint density at radius 1 is 1.36 bits per heavy atom. The maximum atomic E-state index is 10.9. The number of ether oxygens (including phenoxy) is 1. The van der Waals surface area contributed by atoms with Crippen LogP contribution in [0.3, 0.4) is 0 Å². The molecule has 0 radical (unpaired) electrons. The second kappa shape index (κ2) is 3.67. The van der Waals surface area contributed by atoms with Crippen molar-refractivity contribution in [1.82, 2.24) is 5.48 Å². The van der Waals surface area contributed by atoms with Gasteiger partial charge in [0.05, 0.1) is 0 Å². The summed E-state index contributed by atoms with van der Waals surface area (Å²) < 4.78 is 5.04. The zero-order valence-electron chi connectivity index (χ0n) is 7.82. The fourth-order valence-corrected chi connectivity index (χ4v) is 1.31. The number of aryl methyl sites for hydroxylation is 1. The molecule has 0 bridgehead atoms. The SMILES string of the molecule is Cc1ccc(C2CONC(=O)O2)cc1. The maximum absolute atomic E-state index is 10.9. The fraction of sp³-hybridized carbons (Fsp3) is 0.300. The number of hydroxylamine groups is 1. The van der Waals surface area contributed by atoms with E-state index in [1.54, 1.807) is 0 Å². The molecule has 0 saturated carbocycles. The Kier molecular flexibility index (Phi) is 2.37. The molecule has 1 saturated heterocycles. The van der Waals surface area contributed by atoms with Gasteiger partial charge in [-0.1, -0.05) is 29.8 Å². The van der Waals surface area contributed by atoms with Gasteiger partial charge in [0.2, 0.25) is 0 Å². The largest absolute Gasteiger partial charge is 0.437 e. The third-order valence-electron chi connectivity index (χ3n) is 2.09. The number of benzene rings is 1. The lowest BCUT2D eigenvalue weighted by Crippen LogP contribution is -2.35. The molecule has 74 valence electrons. The van der Waals surface area contributed by atoms with Crippen LogP contribution in [0.25, 0.3) is 0 Å². The van der Waals surface area contributed by atoms with Crippen molar-refractivity contribution in [1.29, 1.82) is 0 Å². The Labute approximate surface area is 81.8 Å². The number of rotatable bonds is 1. The Balaban J connectivity index is 2.14. The van der Waals surface area contributed by atoms with Crippen LogP contribution in [0.1, 0.15) is 17.2 Å². The van der Waals surface area contributed by atoms with Crippen LogP contribution in [0.4, 0.5) is 4.79 Å². The molecule has 0 aliphatic carbocycles. The zero-order chi connectivity index (χ0) is 9.97. The summed E-state index contributed by atoms with van der Waals surface area (Å²) in [5, 5.41) is 0. The van der Waals surface area contributed by atoms with E-state index in [1.165, 1.54) is 5.56 Å². The van der Waals surface area contributed by atoms with Gasteiger partial charge in [0, 0.05) is 0 Å². The number of amides is 1. The first-order valence-corrected chi connectivity index (χ1v) is 4.41. The molecule has 1 aromatic rings. The summed E-state index contributed by atoms with van der Waals surface area (Å²) in [6.45, 7) is 2.35. The molecule has 2 rings (SSSR count). The zero-order valence-corrected chi connectivity index (χ0v) is 7.82. The van der Waals surface area contributed by atoms with Crippen LogP contribution in [0, 0.1) is 6.92 Å². The average molecular weight is 193 g/mol. The van der Waals surface area contributed by atoms with Gasteiger partial charge >= 0.3 is 6.09 Å². The highest BCUT2D eigenvalue weighted by molar-refractivity contribution is 5.66. The van der Waals surface area contributed by atoms with E-state index in [9.17, 15) is 4.79 Å². The van der Waals surface area contributed by atoms with Gasteiger partial charge in [0.15, 0.2) is 6.10 Å². The minimum Gasteiger partial charge on any atom is -0.437 e. The molecule has 1 aliphatic rings. The normalized spacial score (nSPS) is 21.2. The van der Waals surface area contributed by atoms with Gasteiger partial charge in [-0.2, -0.15) is 5.48 Å². The smallest absolute Gasteiger partial charge is 0.432 e. The van der Waals surface area contributed by atoms with E-state index >= 15 is 0 Å². The van der Waals surface area contributed by atoms with E-state index in [2.05, 4.69) is 5.48 Å². The Morgan fingerprint density at radius 3 is 2.71 bits per heavy atom. The van der Waals surface area contributed by atoms with Gasteiger partial charge < -0.3 is 4.74 Å². The van der Waals surface area contributed by atoms with Crippen LogP contribution in [-0.4, -0.2) is 12.7 Å². The summed E-state index contributed by atoms with van der Waals surface area (Å²) in [4.78, 5) is 15.7. The lowest BCUT2D eigenvalue weighted by atomic mass is 10.1. The molecular weight excluding hydrogens is 182 g/mol. The number of cyclic esters (lactones) is 1. The minimum atomic E-state index is -0.540. The molecular formula is C10H11NO3. The van der Waals surface area contributed by atoms with Gasteiger partial charge in [-0.05, 0) is 12.5 Å². The van der Waals surface area contributed by atoms with Crippen molar-refractivity contribution in [2.45, 2.75) is 13.0 Å². The predicted molar refractivity (Wildman–Crippen MR) is 49.5 cm³/mol. The number of hydrogen-bond donors (Lipinski definition) is 1. The van der Waals surface area contributed by atoms with E-state index in [1.807, 2.05) is 31.2 Å². The lowest BCUT2D eigenvalue weighted by molar-refractivity contribution is -0.0744. The molecule has 1 aromatic carbocycles. The molecule has 1 N–H and O–H groups in total. The first kappa shape index (κ1) is 9.02. The quantitative estimate of drug-likeness (QED) is 0.738. The summed E-state index contributed by atoms with van der Waals surface area (Å²) in [5.41, 5.74) is 4.26. The van der Waals surface area contributed by atoms with Crippen molar-refractivity contribution in [2.24, 2.45) is 0 Å². The summed E-state index contributed by atoms with van der Waals surface area (Å²) in [6.07, 6.45) is -0.842. The summed E-state index contributed by atoms with van der Waals surface area (Å²) in [7, 11) is 0. The molecule has 1 aliphatic heterocycles. The highest BCUT2D eigenvalue weighted by Gasteiger charge is 2.22.